The summed E-state index contributed by atoms with van der Waals surface area (Å²) in [6, 6.07) is 12.5. The SMILES string of the molecule is COC(=O)[C@@H]1[C@@H]2c3ccccc3O[C@]1(C)N=c1s/c(=C/c3ccc(OC(F)F)cc3)c(=O)n12. The third kappa shape index (κ3) is 3.50. The Balaban J connectivity index is 1.67. The number of aromatic nitrogens is 1. The highest BCUT2D eigenvalue weighted by Gasteiger charge is 2.55. The van der Waals surface area contributed by atoms with Gasteiger partial charge >= 0.3 is 12.6 Å². The molecule has 0 unspecified atom stereocenters. The van der Waals surface area contributed by atoms with Crippen molar-refractivity contribution in [3.8, 4) is 11.5 Å². The molecule has 0 radical (unpaired) electrons. The molecule has 33 heavy (non-hydrogen) atoms. The minimum absolute atomic E-state index is 0.0238. The lowest BCUT2D eigenvalue weighted by Crippen LogP contribution is -2.58. The summed E-state index contributed by atoms with van der Waals surface area (Å²) < 4.78 is 42.2. The third-order valence-corrected chi connectivity index (χ3v) is 6.72. The summed E-state index contributed by atoms with van der Waals surface area (Å²) in [5, 5.41) is 0. The second kappa shape index (κ2) is 7.80. The Morgan fingerprint density at radius 2 is 1.97 bits per heavy atom. The van der Waals surface area contributed by atoms with Crippen LogP contribution in [0.2, 0.25) is 0 Å². The number of alkyl halides is 2. The summed E-state index contributed by atoms with van der Waals surface area (Å²) in [5.74, 6) is -0.797. The Kier molecular flexibility index (Phi) is 5.04. The Morgan fingerprint density at radius 1 is 1.24 bits per heavy atom. The molecule has 3 heterocycles. The van der Waals surface area contributed by atoms with Crippen molar-refractivity contribution in [2.75, 3.05) is 7.11 Å². The fourth-order valence-electron chi connectivity index (χ4n) is 4.33. The van der Waals surface area contributed by atoms with Crippen LogP contribution >= 0.6 is 11.3 Å². The maximum absolute atomic E-state index is 13.5. The van der Waals surface area contributed by atoms with Gasteiger partial charge in [0.05, 0.1) is 17.7 Å². The minimum atomic E-state index is -2.91. The molecule has 170 valence electrons. The smallest absolute Gasteiger partial charge is 0.387 e. The zero-order valence-corrected chi connectivity index (χ0v) is 18.3. The first-order valence-electron chi connectivity index (χ1n) is 10.0. The molecule has 0 spiro atoms. The first kappa shape index (κ1) is 21.3. The van der Waals surface area contributed by atoms with Gasteiger partial charge in [-0.1, -0.05) is 41.7 Å². The third-order valence-electron chi connectivity index (χ3n) is 5.74. The number of methoxy groups -OCH3 is 1. The van der Waals surface area contributed by atoms with Gasteiger partial charge in [-0.05, 0) is 36.8 Å². The molecule has 2 aromatic carbocycles. The summed E-state index contributed by atoms with van der Waals surface area (Å²) >= 11 is 1.17. The molecule has 1 aromatic heterocycles. The van der Waals surface area contributed by atoms with Crippen LogP contribution in [0.5, 0.6) is 11.5 Å². The van der Waals surface area contributed by atoms with Crippen molar-refractivity contribution in [2.24, 2.45) is 10.9 Å². The summed E-state index contributed by atoms with van der Waals surface area (Å²) in [7, 11) is 1.29. The van der Waals surface area contributed by atoms with E-state index < -0.39 is 30.3 Å². The van der Waals surface area contributed by atoms with E-state index in [9.17, 15) is 18.4 Å². The number of benzene rings is 2. The zero-order valence-electron chi connectivity index (χ0n) is 17.5. The van der Waals surface area contributed by atoms with Crippen molar-refractivity contribution in [2.45, 2.75) is 25.3 Å². The highest BCUT2D eigenvalue weighted by Crippen LogP contribution is 2.47. The van der Waals surface area contributed by atoms with E-state index in [0.29, 0.717) is 26.2 Å². The fraction of sp³-hybridized carbons (Fsp3) is 0.261. The molecule has 5 rings (SSSR count). The number of hydrogen-bond donors (Lipinski definition) is 0. The zero-order chi connectivity index (χ0) is 23.3. The van der Waals surface area contributed by atoms with Crippen LogP contribution in [0.25, 0.3) is 6.08 Å². The van der Waals surface area contributed by atoms with Gasteiger partial charge in [0, 0.05) is 5.56 Å². The van der Waals surface area contributed by atoms with Gasteiger partial charge in [0.25, 0.3) is 5.56 Å². The van der Waals surface area contributed by atoms with Crippen molar-refractivity contribution in [1.82, 2.24) is 4.57 Å². The lowest BCUT2D eigenvalue weighted by molar-refractivity contribution is -0.158. The van der Waals surface area contributed by atoms with Gasteiger partial charge in [0.2, 0.25) is 5.72 Å². The van der Waals surface area contributed by atoms with Crippen LogP contribution in [0.4, 0.5) is 8.78 Å². The number of rotatable bonds is 4. The van der Waals surface area contributed by atoms with Crippen molar-refractivity contribution in [3.63, 3.8) is 0 Å². The first-order chi connectivity index (χ1) is 15.8. The number of fused-ring (bicyclic) bond motifs is 6. The largest absolute Gasteiger partial charge is 0.469 e. The van der Waals surface area contributed by atoms with Gasteiger partial charge in [-0.25, -0.2) is 4.99 Å². The molecule has 3 atom stereocenters. The van der Waals surface area contributed by atoms with Crippen molar-refractivity contribution >= 4 is 23.4 Å². The Morgan fingerprint density at radius 3 is 2.67 bits per heavy atom. The summed E-state index contributed by atoms with van der Waals surface area (Å²) in [5.41, 5.74) is -0.233. The van der Waals surface area contributed by atoms with E-state index in [1.54, 1.807) is 31.2 Å². The number of carbonyl (C=O) groups is 1. The number of nitrogens with zero attached hydrogens (tertiary/aromatic N) is 2. The van der Waals surface area contributed by atoms with E-state index in [1.165, 1.54) is 35.1 Å². The van der Waals surface area contributed by atoms with E-state index in [2.05, 4.69) is 9.73 Å². The number of thiazole rings is 1. The lowest BCUT2D eigenvalue weighted by atomic mass is 9.81. The number of esters is 1. The summed E-state index contributed by atoms with van der Waals surface area (Å²) in [4.78, 5) is 31.3. The van der Waals surface area contributed by atoms with E-state index >= 15 is 0 Å². The van der Waals surface area contributed by atoms with E-state index in [0.717, 1.165) is 0 Å². The van der Waals surface area contributed by atoms with Crippen LogP contribution in [0.15, 0.2) is 58.3 Å². The molecule has 0 saturated carbocycles. The summed E-state index contributed by atoms with van der Waals surface area (Å²) in [6.07, 6.45) is 1.65. The maximum Gasteiger partial charge on any atom is 0.387 e. The molecule has 7 nitrogen and oxygen atoms in total. The molecule has 0 fully saturated rings. The van der Waals surface area contributed by atoms with Crippen LogP contribution < -0.4 is 24.4 Å². The Labute approximate surface area is 190 Å². The normalized spacial score (nSPS) is 23.2. The fourth-order valence-corrected chi connectivity index (χ4v) is 5.43. The Bertz CT molecular complexity index is 1420. The number of halogens is 2. The van der Waals surface area contributed by atoms with Gasteiger partial charge < -0.3 is 14.2 Å². The topological polar surface area (TPSA) is 79.1 Å². The van der Waals surface area contributed by atoms with Crippen LogP contribution in [0.1, 0.15) is 24.1 Å². The molecule has 0 aliphatic carbocycles. The quantitative estimate of drug-likeness (QED) is 0.545. The van der Waals surface area contributed by atoms with Crippen molar-refractivity contribution in [3.05, 3.63) is 79.3 Å². The monoisotopic (exact) mass is 472 g/mol. The average molecular weight is 472 g/mol. The van der Waals surface area contributed by atoms with Crippen molar-refractivity contribution < 1.29 is 27.8 Å². The van der Waals surface area contributed by atoms with Gasteiger partial charge in [0.1, 0.15) is 17.4 Å². The molecular formula is C23H18F2N2O5S. The van der Waals surface area contributed by atoms with Crippen LogP contribution in [-0.4, -0.2) is 30.0 Å². The molecule has 3 aromatic rings. The number of para-hydroxylation sites is 1. The highest BCUT2D eigenvalue weighted by molar-refractivity contribution is 7.07. The number of carbonyl (C=O) groups excluding carboxylic acids is 1. The molecule has 0 N–H and O–H groups in total. The van der Waals surface area contributed by atoms with E-state index in [-0.39, 0.29) is 11.3 Å². The first-order valence-corrected chi connectivity index (χ1v) is 10.9. The van der Waals surface area contributed by atoms with Gasteiger partial charge in [-0.3, -0.25) is 14.2 Å². The van der Waals surface area contributed by atoms with Crippen LogP contribution in [0, 0.1) is 5.92 Å². The molecule has 2 aliphatic heterocycles. The van der Waals surface area contributed by atoms with Crippen molar-refractivity contribution in [1.29, 1.82) is 0 Å². The van der Waals surface area contributed by atoms with E-state index in [4.69, 9.17) is 9.47 Å². The van der Waals surface area contributed by atoms with Crippen LogP contribution in [0.3, 0.4) is 0 Å². The number of ether oxygens (including phenoxy) is 3. The number of hydrogen-bond acceptors (Lipinski definition) is 7. The standard InChI is InChI=1S/C23H18F2N2O5S/c1-23-17(20(29)30-2)18(14-5-3-4-6-15(14)32-23)27-19(28)16(33-22(27)26-23)11-12-7-9-13(10-8-12)31-21(24)25/h3-11,17-18,21H,1-2H3/b16-11+/t17-,18-,23-/m0/s1. The molecule has 0 amide bonds. The van der Waals surface area contributed by atoms with Gasteiger partial charge in [-0.15, -0.1) is 0 Å². The molecular weight excluding hydrogens is 454 g/mol. The maximum atomic E-state index is 13.5. The summed E-state index contributed by atoms with van der Waals surface area (Å²) in [6.45, 7) is -1.21. The van der Waals surface area contributed by atoms with Gasteiger partial charge in [0.15, 0.2) is 4.80 Å². The average Bonchev–Trinajstić information content (AvgIpc) is 3.07. The minimum Gasteiger partial charge on any atom is -0.469 e. The van der Waals surface area contributed by atoms with Crippen LogP contribution in [-0.2, 0) is 9.53 Å². The Hall–Kier alpha value is -3.53. The lowest BCUT2D eigenvalue weighted by Gasteiger charge is -2.44. The van der Waals surface area contributed by atoms with Gasteiger partial charge in [-0.2, -0.15) is 8.78 Å². The molecule has 2 aliphatic rings. The van der Waals surface area contributed by atoms with E-state index in [1.807, 2.05) is 18.2 Å². The molecule has 2 bridgehead atoms. The molecule has 0 saturated heterocycles. The highest BCUT2D eigenvalue weighted by atomic mass is 32.1. The predicted octanol–water partition coefficient (Wildman–Crippen LogP) is 2.46. The predicted molar refractivity (Wildman–Crippen MR) is 115 cm³/mol. The molecule has 10 heteroatoms. The second-order valence-electron chi connectivity index (χ2n) is 7.77. The second-order valence-corrected chi connectivity index (χ2v) is 8.78.